The SMILES string of the molecule is CCCn1c(SCC(=O)Nc2ccccc2CC)nnc1-c1csc2ccccc12. The molecule has 0 aliphatic carbocycles. The highest BCUT2D eigenvalue weighted by Gasteiger charge is 2.18. The maximum atomic E-state index is 12.5. The van der Waals surface area contributed by atoms with Gasteiger partial charge in [0.15, 0.2) is 11.0 Å². The molecule has 0 unspecified atom stereocenters. The first-order valence-corrected chi connectivity index (χ1v) is 12.0. The molecule has 0 bridgehead atoms. The summed E-state index contributed by atoms with van der Waals surface area (Å²) in [5.74, 6) is 1.13. The van der Waals surface area contributed by atoms with Gasteiger partial charge < -0.3 is 9.88 Å². The topological polar surface area (TPSA) is 59.8 Å². The van der Waals surface area contributed by atoms with E-state index in [-0.39, 0.29) is 5.91 Å². The van der Waals surface area contributed by atoms with Crippen LogP contribution in [0.15, 0.2) is 59.1 Å². The number of thioether (sulfide) groups is 1. The van der Waals surface area contributed by atoms with Gasteiger partial charge in [-0.3, -0.25) is 4.79 Å². The van der Waals surface area contributed by atoms with Gasteiger partial charge in [0.1, 0.15) is 0 Å². The molecule has 0 atom stereocenters. The third kappa shape index (κ3) is 4.27. The smallest absolute Gasteiger partial charge is 0.234 e. The standard InChI is InChI=1S/C23H24N4OS2/c1-3-13-27-22(18-14-29-20-12-8-6-10-17(18)20)25-26-23(27)30-15-21(28)24-19-11-7-5-9-16(19)4-2/h5-12,14H,3-4,13,15H2,1-2H3,(H,24,28). The fraction of sp³-hybridized carbons (Fsp3) is 0.261. The Morgan fingerprint density at radius 2 is 1.90 bits per heavy atom. The molecule has 0 aliphatic heterocycles. The third-order valence-corrected chi connectivity index (χ3v) is 6.82. The fourth-order valence-corrected chi connectivity index (χ4v) is 5.14. The van der Waals surface area contributed by atoms with Crippen LogP contribution in [0.2, 0.25) is 0 Å². The minimum Gasteiger partial charge on any atom is -0.325 e. The minimum atomic E-state index is -0.0329. The van der Waals surface area contributed by atoms with Crippen molar-refractivity contribution in [1.82, 2.24) is 14.8 Å². The number of fused-ring (bicyclic) bond motifs is 1. The van der Waals surface area contributed by atoms with Crippen molar-refractivity contribution in [3.05, 3.63) is 59.5 Å². The molecule has 0 fully saturated rings. The first kappa shape index (κ1) is 20.6. The van der Waals surface area contributed by atoms with Crippen molar-refractivity contribution in [3.8, 4) is 11.4 Å². The average molecular weight is 437 g/mol. The largest absolute Gasteiger partial charge is 0.325 e. The minimum absolute atomic E-state index is 0.0329. The number of rotatable bonds is 8. The zero-order chi connectivity index (χ0) is 20.9. The van der Waals surface area contributed by atoms with Crippen LogP contribution in [-0.2, 0) is 17.8 Å². The summed E-state index contributed by atoms with van der Waals surface area (Å²) in [7, 11) is 0. The summed E-state index contributed by atoms with van der Waals surface area (Å²) in [5, 5.41) is 16.0. The van der Waals surface area contributed by atoms with Crippen LogP contribution in [-0.4, -0.2) is 26.4 Å². The molecule has 0 spiro atoms. The van der Waals surface area contributed by atoms with Gasteiger partial charge in [0.2, 0.25) is 5.91 Å². The molecule has 30 heavy (non-hydrogen) atoms. The quantitative estimate of drug-likeness (QED) is 0.351. The lowest BCUT2D eigenvalue weighted by Crippen LogP contribution is -2.15. The van der Waals surface area contributed by atoms with Gasteiger partial charge in [-0.25, -0.2) is 0 Å². The van der Waals surface area contributed by atoms with Crippen LogP contribution in [0.4, 0.5) is 5.69 Å². The van der Waals surface area contributed by atoms with Crippen LogP contribution in [0.1, 0.15) is 25.8 Å². The number of hydrogen-bond acceptors (Lipinski definition) is 5. The van der Waals surface area contributed by atoms with Crippen molar-refractivity contribution in [2.45, 2.75) is 38.4 Å². The second-order valence-corrected chi connectivity index (χ2v) is 8.80. The first-order chi connectivity index (χ1) is 14.7. The van der Waals surface area contributed by atoms with Crippen LogP contribution < -0.4 is 5.32 Å². The number of carbonyl (C=O) groups excluding carboxylic acids is 1. The lowest BCUT2D eigenvalue weighted by Gasteiger charge is -2.10. The van der Waals surface area contributed by atoms with E-state index < -0.39 is 0 Å². The van der Waals surface area contributed by atoms with Crippen LogP contribution in [0.5, 0.6) is 0 Å². The van der Waals surface area contributed by atoms with Crippen molar-refractivity contribution in [2.75, 3.05) is 11.1 Å². The molecule has 2 heterocycles. The lowest BCUT2D eigenvalue weighted by molar-refractivity contribution is -0.113. The number of thiophene rings is 1. The number of amides is 1. The Bertz CT molecular complexity index is 1160. The number of hydrogen-bond donors (Lipinski definition) is 1. The predicted octanol–water partition coefficient (Wildman–Crippen LogP) is 5.86. The number of para-hydroxylation sites is 1. The Balaban J connectivity index is 1.53. The summed E-state index contributed by atoms with van der Waals surface area (Å²) in [5.41, 5.74) is 3.12. The molecule has 4 aromatic rings. The number of aromatic nitrogens is 3. The zero-order valence-electron chi connectivity index (χ0n) is 17.1. The molecule has 2 aromatic carbocycles. The van der Waals surface area contributed by atoms with Gasteiger partial charge in [0.05, 0.1) is 5.75 Å². The number of benzene rings is 2. The summed E-state index contributed by atoms with van der Waals surface area (Å²) in [6.07, 6.45) is 1.85. The van der Waals surface area contributed by atoms with Gasteiger partial charge in [-0.2, -0.15) is 0 Å². The average Bonchev–Trinajstić information content (AvgIpc) is 3.37. The van der Waals surface area contributed by atoms with Crippen molar-refractivity contribution >= 4 is 44.8 Å². The molecule has 1 amide bonds. The number of nitrogens with zero attached hydrogens (tertiary/aromatic N) is 3. The van der Waals surface area contributed by atoms with Gasteiger partial charge in [-0.15, -0.1) is 21.5 Å². The van der Waals surface area contributed by atoms with Crippen LogP contribution in [0, 0.1) is 0 Å². The van der Waals surface area contributed by atoms with E-state index in [9.17, 15) is 4.79 Å². The van der Waals surface area contributed by atoms with E-state index in [2.05, 4.69) is 57.5 Å². The predicted molar refractivity (Wildman–Crippen MR) is 126 cm³/mol. The van der Waals surface area contributed by atoms with Crippen LogP contribution in [0.25, 0.3) is 21.5 Å². The molecular formula is C23H24N4OS2. The van der Waals surface area contributed by atoms with E-state index in [0.717, 1.165) is 47.2 Å². The van der Waals surface area contributed by atoms with E-state index in [4.69, 9.17) is 0 Å². The van der Waals surface area contributed by atoms with Gasteiger partial charge in [0, 0.05) is 33.3 Å². The van der Waals surface area contributed by atoms with E-state index in [1.54, 1.807) is 11.3 Å². The van der Waals surface area contributed by atoms with E-state index in [0.29, 0.717) is 5.75 Å². The molecule has 0 radical (unpaired) electrons. The Hall–Kier alpha value is -2.64. The number of anilines is 1. The van der Waals surface area contributed by atoms with E-state index in [1.165, 1.54) is 21.8 Å². The summed E-state index contributed by atoms with van der Waals surface area (Å²) in [4.78, 5) is 12.5. The molecule has 154 valence electrons. The summed E-state index contributed by atoms with van der Waals surface area (Å²) >= 11 is 3.15. The monoisotopic (exact) mass is 436 g/mol. The van der Waals surface area contributed by atoms with E-state index in [1.807, 2.05) is 30.3 Å². The number of nitrogens with one attached hydrogen (secondary N) is 1. The molecule has 4 rings (SSSR count). The summed E-state index contributed by atoms with van der Waals surface area (Å²) < 4.78 is 3.37. The van der Waals surface area contributed by atoms with Gasteiger partial charge in [0.25, 0.3) is 0 Å². The third-order valence-electron chi connectivity index (χ3n) is 4.89. The molecule has 2 aromatic heterocycles. The Morgan fingerprint density at radius 1 is 1.10 bits per heavy atom. The molecule has 0 saturated heterocycles. The fourth-order valence-electron chi connectivity index (χ4n) is 3.44. The summed E-state index contributed by atoms with van der Waals surface area (Å²) in [6.45, 7) is 5.04. The zero-order valence-corrected chi connectivity index (χ0v) is 18.7. The normalized spacial score (nSPS) is 11.1. The number of carbonyl (C=O) groups is 1. The Kier molecular flexibility index (Phi) is 6.50. The van der Waals surface area contributed by atoms with Gasteiger partial charge >= 0.3 is 0 Å². The molecule has 5 nitrogen and oxygen atoms in total. The highest BCUT2D eigenvalue weighted by Crippen LogP contribution is 2.34. The molecule has 0 saturated carbocycles. The van der Waals surface area contributed by atoms with Gasteiger partial charge in [-0.05, 0) is 30.5 Å². The molecular weight excluding hydrogens is 412 g/mol. The maximum Gasteiger partial charge on any atom is 0.234 e. The molecule has 7 heteroatoms. The van der Waals surface area contributed by atoms with Crippen molar-refractivity contribution < 1.29 is 4.79 Å². The first-order valence-electron chi connectivity index (χ1n) is 10.1. The number of aryl methyl sites for hydroxylation is 1. The highest BCUT2D eigenvalue weighted by atomic mass is 32.2. The Morgan fingerprint density at radius 3 is 2.73 bits per heavy atom. The second-order valence-electron chi connectivity index (χ2n) is 6.95. The van der Waals surface area contributed by atoms with E-state index >= 15 is 0 Å². The molecule has 0 aliphatic rings. The maximum absolute atomic E-state index is 12.5. The van der Waals surface area contributed by atoms with Crippen molar-refractivity contribution in [2.24, 2.45) is 0 Å². The summed E-state index contributed by atoms with van der Waals surface area (Å²) in [6, 6.07) is 16.3. The van der Waals surface area contributed by atoms with Crippen LogP contribution >= 0.6 is 23.1 Å². The highest BCUT2D eigenvalue weighted by molar-refractivity contribution is 7.99. The lowest BCUT2D eigenvalue weighted by atomic mass is 10.1. The van der Waals surface area contributed by atoms with Crippen LogP contribution in [0.3, 0.4) is 0 Å². The van der Waals surface area contributed by atoms with Crippen molar-refractivity contribution in [3.63, 3.8) is 0 Å². The van der Waals surface area contributed by atoms with Gasteiger partial charge in [-0.1, -0.05) is 62.0 Å². The van der Waals surface area contributed by atoms with Crippen molar-refractivity contribution in [1.29, 1.82) is 0 Å². The second kappa shape index (κ2) is 9.45. The Labute approximate surface area is 184 Å². The molecule has 1 N–H and O–H groups in total.